The van der Waals surface area contributed by atoms with Gasteiger partial charge in [0.05, 0.1) is 22.8 Å². The fraction of sp³-hybridized carbons (Fsp3) is 0.500. The zero-order valence-corrected chi connectivity index (χ0v) is 10.6. The standard InChI is InChI=1S/C10H13N3O4S/c1-6-8(9(14)15)4-11-10(12-6)13-7-2-3-18(16,17)5-7/h4,7H,2-3,5H2,1H3,(H,14,15)(H,11,12,13). The highest BCUT2D eigenvalue weighted by atomic mass is 32.2. The zero-order chi connectivity index (χ0) is 13.3. The molecule has 0 aromatic carbocycles. The molecule has 1 unspecified atom stereocenters. The maximum Gasteiger partial charge on any atom is 0.339 e. The van der Waals surface area contributed by atoms with Crippen molar-refractivity contribution in [3.05, 3.63) is 17.5 Å². The summed E-state index contributed by atoms with van der Waals surface area (Å²) in [5.74, 6) is -0.588. The first-order chi connectivity index (χ1) is 8.37. The smallest absolute Gasteiger partial charge is 0.339 e. The third kappa shape index (κ3) is 2.76. The van der Waals surface area contributed by atoms with E-state index in [9.17, 15) is 13.2 Å². The molecule has 0 aliphatic carbocycles. The van der Waals surface area contributed by atoms with E-state index in [4.69, 9.17) is 5.11 Å². The van der Waals surface area contributed by atoms with Crippen LogP contribution in [0.15, 0.2) is 6.20 Å². The maximum absolute atomic E-state index is 11.3. The van der Waals surface area contributed by atoms with E-state index in [1.165, 1.54) is 6.20 Å². The number of hydrogen-bond donors (Lipinski definition) is 2. The zero-order valence-electron chi connectivity index (χ0n) is 9.75. The van der Waals surface area contributed by atoms with Gasteiger partial charge in [0.1, 0.15) is 0 Å². The average molecular weight is 271 g/mol. The number of carboxylic acids is 1. The molecule has 0 radical (unpaired) electrons. The summed E-state index contributed by atoms with van der Waals surface area (Å²) in [7, 11) is -2.96. The Balaban J connectivity index is 2.12. The Morgan fingerprint density at radius 2 is 2.28 bits per heavy atom. The molecule has 0 spiro atoms. The fourth-order valence-corrected chi connectivity index (χ4v) is 3.51. The second kappa shape index (κ2) is 4.52. The number of aryl methyl sites for hydroxylation is 1. The van der Waals surface area contributed by atoms with Crippen molar-refractivity contribution >= 4 is 21.8 Å². The van der Waals surface area contributed by atoms with Crippen LogP contribution in [0.4, 0.5) is 5.95 Å². The minimum Gasteiger partial charge on any atom is -0.478 e. The molecule has 1 saturated heterocycles. The number of anilines is 1. The molecular weight excluding hydrogens is 258 g/mol. The van der Waals surface area contributed by atoms with Crippen LogP contribution in [0.2, 0.25) is 0 Å². The Morgan fingerprint density at radius 1 is 1.56 bits per heavy atom. The summed E-state index contributed by atoms with van der Waals surface area (Å²) >= 11 is 0. The highest BCUT2D eigenvalue weighted by Crippen LogP contribution is 2.15. The van der Waals surface area contributed by atoms with E-state index >= 15 is 0 Å². The molecule has 0 amide bonds. The molecule has 98 valence electrons. The van der Waals surface area contributed by atoms with Gasteiger partial charge in [-0.05, 0) is 13.3 Å². The number of carbonyl (C=O) groups is 1. The van der Waals surface area contributed by atoms with Gasteiger partial charge in [-0.2, -0.15) is 0 Å². The van der Waals surface area contributed by atoms with Crippen molar-refractivity contribution in [1.82, 2.24) is 9.97 Å². The summed E-state index contributed by atoms with van der Waals surface area (Å²) in [4.78, 5) is 18.7. The number of sulfone groups is 1. The van der Waals surface area contributed by atoms with E-state index in [-0.39, 0.29) is 29.1 Å². The summed E-state index contributed by atoms with van der Waals surface area (Å²) in [6.07, 6.45) is 1.74. The molecule has 1 aliphatic rings. The third-order valence-corrected chi connectivity index (χ3v) is 4.54. The summed E-state index contributed by atoms with van der Waals surface area (Å²) in [5, 5.41) is 11.7. The number of aromatic carboxylic acids is 1. The highest BCUT2D eigenvalue weighted by molar-refractivity contribution is 7.91. The predicted molar refractivity (Wildman–Crippen MR) is 64.4 cm³/mol. The number of rotatable bonds is 3. The molecule has 18 heavy (non-hydrogen) atoms. The van der Waals surface area contributed by atoms with Gasteiger partial charge in [0.2, 0.25) is 5.95 Å². The molecule has 2 N–H and O–H groups in total. The Morgan fingerprint density at radius 3 is 2.78 bits per heavy atom. The minimum atomic E-state index is -2.96. The largest absolute Gasteiger partial charge is 0.478 e. The van der Waals surface area contributed by atoms with Crippen molar-refractivity contribution in [2.45, 2.75) is 19.4 Å². The predicted octanol–water partition coefficient (Wildman–Crippen LogP) is 0.0822. The molecule has 2 heterocycles. The van der Waals surface area contributed by atoms with Gasteiger partial charge < -0.3 is 10.4 Å². The van der Waals surface area contributed by atoms with Crippen LogP contribution in [0.25, 0.3) is 0 Å². The van der Waals surface area contributed by atoms with Gasteiger partial charge in [-0.3, -0.25) is 0 Å². The topological polar surface area (TPSA) is 109 Å². The van der Waals surface area contributed by atoms with Crippen molar-refractivity contribution in [1.29, 1.82) is 0 Å². The van der Waals surface area contributed by atoms with Crippen LogP contribution in [0.1, 0.15) is 22.5 Å². The van der Waals surface area contributed by atoms with Gasteiger partial charge in [-0.25, -0.2) is 23.2 Å². The first-order valence-electron chi connectivity index (χ1n) is 5.41. The lowest BCUT2D eigenvalue weighted by Crippen LogP contribution is -2.22. The van der Waals surface area contributed by atoms with Crippen molar-refractivity contribution in [2.75, 3.05) is 16.8 Å². The Hall–Kier alpha value is -1.70. The van der Waals surface area contributed by atoms with E-state index < -0.39 is 15.8 Å². The summed E-state index contributed by atoms with van der Waals surface area (Å²) in [6, 6.07) is -0.204. The first-order valence-corrected chi connectivity index (χ1v) is 7.23. The van der Waals surface area contributed by atoms with Gasteiger partial charge in [0.15, 0.2) is 9.84 Å². The van der Waals surface area contributed by atoms with Crippen molar-refractivity contribution in [2.24, 2.45) is 0 Å². The van der Waals surface area contributed by atoms with Crippen LogP contribution >= 0.6 is 0 Å². The second-order valence-corrected chi connectivity index (χ2v) is 6.47. The molecular formula is C10H13N3O4S. The Labute approximate surface area is 104 Å². The highest BCUT2D eigenvalue weighted by Gasteiger charge is 2.28. The Kier molecular flexibility index (Phi) is 3.20. The van der Waals surface area contributed by atoms with E-state index in [1.54, 1.807) is 6.92 Å². The molecule has 8 heteroatoms. The number of aromatic nitrogens is 2. The van der Waals surface area contributed by atoms with Gasteiger partial charge in [-0.1, -0.05) is 0 Å². The molecule has 1 aromatic heterocycles. The van der Waals surface area contributed by atoms with Crippen LogP contribution < -0.4 is 5.32 Å². The SMILES string of the molecule is Cc1nc(NC2CCS(=O)(=O)C2)ncc1C(=O)O. The molecule has 1 atom stereocenters. The Bertz CT molecular complexity index is 585. The van der Waals surface area contributed by atoms with Crippen LogP contribution in [0.5, 0.6) is 0 Å². The summed E-state index contributed by atoms with van der Waals surface area (Å²) in [5.41, 5.74) is 0.389. The second-order valence-electron chi connectivity index (χ2n) is 4.24. The number of hydrogen-bond acceptors (Lipinski definition) is 6. The summed E-state index contributed by atoms with van der Waals surface area (Å²) < 4.78 is 22.6. The average Bonchev–Trinajstić information content (AvgIpc) is 2.57. The van der Waals surface area contributed by atoms with Gasteiger partial charge in [-0.15, -0.1) is 0 Å². The molecule has 2 rings (SSSR count). The summed E-state index contributed by atoms with van der Waals surface area (Å²) in [6.45, 7) is 1.57. The first kappa shape index (κ1) is 12.7. The lowest BCUT2D eigenvalue weighted by molar-refractivity contribution is 0.0695. The van der Waals surface area contributed by atoms with Crippen molar-refractivity contribution in [3.8, 4) is 0 Å². The monoisotopic (exact) mass is 271 g/mol. The van der Waals surface area contributed by atoms with Crippen LogP contribution in [0, 0.1) is 6.92 Å². The lowest BCUT2D eigenvalue weighted by atomic mass is 10.2. The van der Waals surface area contributed by atoms with E-state index in [1.807, 2.05) is 0 Å². The molecule has 0 saturated carbocycles. The third-order valence-electron chi connectivity index (χ3n) is 2.78. The number of nitrogens with one attached hydrogen (secondary N) is 1. The molecule has 0 bridgehead atoms. The van der Waals surface area contributed by atoms with Gasteiger partial charge in [0, 0.05) is 12.2 Å². The molecule has 7 nitrogen and oxygen atoms in total. The maximum atomic E-state index is 11.3. The molecule has 1 fully saturated rings. The van der Waals surface area contributed by atoms with E-state index in [2.05, 4.69) is 15.3 Å². The van der Waals surface area contributed by atoms with Crippen molar-refractivity contribution in [3.63, 3.8) is 0 Å². The molecule has 1 aliphatic heterocycles. The van der Waals surface area contributed by atoms with E-state index in [0.29, 0.717) is 12.1 Å². The molecule has 1 aromatic rings. The quantitative estimate of drug-likeness (QED) is 0.801. The van der Waals surface area contributed by atoms with Crippen LogP contribution in [0.3, 0.4) is 0 Å². The fourth-order valence-electron chi connectivity index (χ4n) is 1.84. The van der Waals surface area contributed by atoms with Crippen LogP contribution in [-0.2, 0) is 9.84 Å². The van der Waals surface area contributed by atoms with Crippen LogP contribution in [-0.4, -0.2) is 47.0 Å². The van der Waals surface area contributed by atoms with Crippen molar-refractivity contribution < 1.29 is 18.3 Å². The van der Waals surface area contributed by atoms with Gasteiger partial charge in [0.25, 0.3) is 0 Å². The van der Waals surface area contributed by atoms with E-state index in [0.717, 1.165) is 0 Å². The number of nitrogens with zero attached hydrogens (tertiary/aromatic N) is 2. The van der Waals surface area contributed by atoms with Gasteiger partial charge >= 0.3 is 5.97 Å². The lowest BCUT2D eigenvalue weighted by Gasteiger charge is -2.11. The normalized spacial score (nSPS) is 21.7. The number of carboxylic acid groups (broad SMARTS) is 1. The minimum absolute atomic E-state index is 0.0413.